The molecule has 2 rings (SSSR count). The minimum Gasteiger partial charge on any atom is -0.323 e. The van der Waals surface area contributed by atoms with E-state index in [4.69, 9.17) is 11.6 Å². The average Bonchev–Trinajstić information content (AvgIpc) is 2.50. The van der Waals surface area contributed by atoms with Crippen LogP contribution in [0.25, 0.3) is 0 Å². The number of benzene rings is 1. The molecule has 1 aromatic rings. The molecule has 1 aliphatic rings. The number of halogens is 1. The maximum absolute atomic E-state index is 12.3. The lowest BCUT2D eigenvalue weighted by Gasteiger charge is -2.30. The summed E-state index contributed by atoms with van der Waals surface area (Å²) in [4.78, 5) is 14.1. The van der Waals surface area contributed by atoms with Crippen LogP contribution in [0.15, 0.2) is 24.3 Å². The Labute approximate surface area is 119 Å². The molecule has 104 valence electrons. The normalized spacial score (nSPS) is 18.8. The van der Waals surface area contributed by atoms with Gasteiger partial charge >= 0.3 is 6.03 Å². The zero-order valence-corrected chi connectivity index (χ0v) is 12.1. The number of amides is 2. The van der Waals surface area contributed by atoms with Gasteiger partial charge in [-0.05, 0) is 45.0 Å². The largest absolute Gasteiger partial charge is 0.323 e. The van der Waals surface area contributed by atoms with Gasteiger partial charge in [-0.1, -0.05) is 17.7 Å². The van der Waals surface area contributed by atoms with E-state index in [1.165, 1.54) is 0 Å². The van der Waals surface area contributed by atoms with Gasteiger partial charge in [0, 0.05) is 29.3 Å². The number of anilines is 1. The lowest BCUT2D eigenvalue weighted by molar-refractivity contribution is 0.201. The monoisotopic (exact) mass is 281 g/mol. The van der Waals surface area contributed by atoms with Gasteiger partial charge in [0.25, 0.3) is 0 Å². The van der Waals surface area contributed by atoms with Crippen LogP contribution in [0.4, 0.5) is 10.5 Å². The molecular formula is C14H20ClN3O. The first-order valence-corrected chi connectivity index (χ1v) is 6.91. The minimum atomic E-state index is -0.0703. The Bertz CT molecular complexity index is 462. The van der Waals surface area contributed by atoms with Gasteiger partial charge in [0.2, 0.25) is 0 Å². The number of rotatable bonds is 1. The van der Waals surface area contributed by atoms with Crippen LogP contribution in [0.2, 0.25) is 5.02 Å². The second-order valence-electron chi connectivity index (χ2n) is 5.53. The van der Waals surface area contributed by atoms with Crippen LogP contribution in [0, 0.1) is 0 Å². The van der Waals surface area contributed by atoms with E-state index in [1.807, 2.05) is 17.0 Å². The van der Waals surface area contributed by atoms with Crippen LogP contribution < -0.4 is 10.6 Å². The Kier molecular flexibility index (Phi) is 4.32. The van der Waals surface area contributed by atoms with Crippen molar-refractivity contribution in [3.63, 3.8) is 0 Å². The van der Waals surface area contributed by atoms with E-state index in [-0.39, 0.29) is 11.6 Å². The second-order valence-corrected chi connectivity index (χ2v) is 5.96. The van der Waals surface area contributed by atoms with E-state index in [1.54, 1.807) is 12.1 Å². The first-order chi connectivity index (χ1) is 8.96. The van der Waals surface area contributed by atoms with Gasteiger partial charge in [-0.25, -0.2) is 4.79 Å². The Morgan fingerprint density at radius 3 is 3.00 bits per heavy atom. The summed E-state index contributed by atoms with van der Waals surface area (Å²) >= 11 is 5.91. The quantitative estimate of drug-likeness (QED) is 0.831. The third-order valence-corrected chi connectivity index (χ3v) is 3.39. The van der Waals surface area contributed by atoms with E-state index in [0.717, 1.165) is 25.2 Å². The molecule has 1 heterocycles. The Morgan fingerprint density at radius 1 is 1.47 bits per heavy atom. The van der Waals surface area contributed by atoms with Gasteiger partial charge in [0.05, 0.1) is 0 Å². The zero-order chi connectivity index (χ0) is 13.9. The van der Waals surface area contributed by atoms with Crippen molar-refractivity contribution in [2.75, 3.05) is 25.0 Å². The van der Waals surface area contributed by atoms with Crippen LogP contribution in [-0.4, -0.2) is 36.1 Å². The van der Waals surface area contributed by atoms with Gasteiger partial charge < -0.3 is 15.5 Å². The predicted molar refractivity (Wildman–Crippen MR) is 78.7 cm³/mol. The summed E-state index contributed by atoms with van der Waals surface area (Å²) in [7, 11) is 0. The molecule has 0 radical (unpaired) electrons. The maximum atomic E-state index is 12.3. The number of carbonyl (C=O) groups excluding carboxylic acids is 1. The van der Waals surface area contributed by atoms with E-state index in [0.29, 0.717) is 11.6 Å². The summed E-state index contributed by atoms with van der Waals surface area (Å²) in [6.45, 7) is 6.62. The molecule has 1 fully saturated rings. The summed E-state index contributed by atoms with van der Waals surface area (Å²) in [5, 5.41) is 6.95. The summed E-state index contributed by atoms with van der Waals surface area (Å²) < 4.78 is 0. The van der Waals surface area contributed by atoms with Crippen molar-refractivity contribution >= 4 is 23.3 Å². The van der Waals surface area contributed by atoms with Crippen molar-refractivity contribution in [1.29, 1.82) is 0 Å². The van der Waals surface area contributed by atoms with E-state index >= 15 is 0 Å². The Morgan fingerprint density at radius 2 is 2.26 bits per heavy atom. The molecule has 1 aromatic carbocycles. The number of nitrogens with one attached hydrogen (secondary N) is 2. The lowest BCUT2D eigenvalue weighted by Crippen LogP contribution is -2.48. The molecular weight excluding hydrogens is 262 g/mol. The molecule has 5 heteroatoms. The first kappa shape index (κ1) is 14.2. The van der Waals surface area contributed by atoms with E-state index < -0.39 is 0 Å². The van der Waals surface area contributed by atoms with Crippen LogP contribution >= 0.6 is 11.6 Å². The first-order valence-electron chi connectivity index (χ1n) is 6.53. The zero-order valence-electron chi connectivity index (χ0n) is 11.4. The molecule has 0 aliphatic carbocycles. The molecule has 2 N–H and O–H groups in total. The fourth-order valence-electron chi connectivity index (χ4n) is 2.25. The number of hydrogen-bond donors (Lipinski definition) is 2. The molecule has 19 heavy (non-hydrogen) atoms. The topological polar surface area (TPSA) is 44.4 Å². The highest BCUT2D eigenvalue weighted by molar-refractivity contribution is 6.30. The molecule has 0 spiro atoms. The van der Waals surface area contributed by atoms with Crippen molar-refractivity contribution in [2.45, 2.75) is 25.8 Å². The molecule has 1 saturated heterocycles. The highest BCUT2D eigenvalue weighted by Crippen LogP contribution is 2.17. The summed E-state index contributed by atoms with van der Waals surface area (Å²) in [6, 6.07) is 7.13. The van der Waals surface area contributed by atoms with Gasteiger partial charge in [-0.2, -0.15) is 0 Å². The van der Waals surface area contributed by atoms with Crippen molar-refractivity contribution in [3.05, 3.63) is 29.3 Å². The van der Waals surface area contributed by atoms with E-state index in [9.17, 15) is 4.79 Å². The third-order valence-electron chi connectivity index (χ3n) is 3.16. The summed E-state index contributed by atoms with van der Waals surface area (Å²) in [5.41, 5.74) is 0.676. The molecule has 0 saturated carbocycles. The molecule has 0 atom stereocenters. The van der Waals surface area contributed by atoms with Crippen LogP contribution in [-0.2, 0) is 0 Å². The van der Waals surface area contributed by atoms with E-state index in [2.05, 4.69) is 24.5 Å². The molecule has 0 aromatic heterocycles. The van der Waals surface area contributed by atoms with Crippen LogP contribution in [0.1, 0.15) is 20.3 Å². The Hall–Kier alpha value is -1.26. The van der Waals surface area contributed by atoms with Crippen molar-refractivity contribution < 1.29 is 4.79 Å². The Balaban J connectivity index is 2.02. The lowest BCUT2D eigenvalue weighted by atomic mass is 10.1. The number of urea groups is 1. The van der Waals surface area contributed by atoms with Crippen LogP contribution in [0.3, 0.4) is 0 Å². The predicted octanol–water partition coefficient (Wildman–Crippen LogP) is 2.95. The minimum absolute atomic E-state index is 0.0534. The van der Waals surface area contributed by atoms with Crippen LogP contribution in [0.5, 0.6) is 0 Å². The average molecular weight is 282 g/mol. The molecule has 4 nitrogen and oxygen atoms in total. The summed E-state index contributed by atoms with van der Waals surface area (Å²) in [5.74, 6) is 0. The van der Waals surface area contributed by atoms with Gasteiger partial charge in [-0.15, -0.1) is 0 Å². The maximum Gasteiger partial charge on any atom is 0.321 e. The molecule has 2 amide bonds. The SMILES string of the molecule is CC1(C)CN(C(=O)Nc2cccc(Cl)c2)CCCN1. The van der Waals surface area contributed by atoms with Crippen molar-refractivity contribution in [1.82, 2.24) is 10.2 Å². The highest BCUT2D eigenvalue weighted by atomic mass is 35.5. The fraction of sp³-hybridized carbons (Fsp3) is 0.500. The molecule has 0 unspecified atom stereocenters. The number of nitrogens with zero attached hydrogens (tertiary/aromatic N) is 1. The third kappa shape index (κ3) is 4.11. The number of hydrogen-bond acceptors (Lipinski definition) is 2. The smallest absolute Gasteiger partial charge is 0.321 e. The fourth-order valence-corrected chi connectivity index (χ4v) is 2.44. The van der Waals surface area contributed by atoms with Gasteiger partial charge in [0.15, 0.2) is 0 Å². The van der Waals surface area contributed by atoms with Gasteiger partial charge in [-0.3, -0.25) is 0 Å². The summed E-state index contributed by atoms with van der Waals surface area (Å²) in [6.07, 6.45) is 0.965. The number of carbonyl (C=O) groups is 1. The van der Waals surface area contributed by atoms with Crippen molar-refractivity contribution in [3.8, 4) is 0 Å². The highest BCUT2D eigenvalue weighted by Gasteiger charge is 2.26. The van der Waals surface area contributed by atoms with Crippen molar-refractivity contribution in [2.24, 2.45) is 0 Å². The second kappa shape index (κ2) is 5.80. The standard InChI is InChI=1S/C14H20ClN3O/c1-14(2)10-18(8-4-7-16-14)13(19)17-12-6-3-5-11(15)9-12/h3,5-6,9,16H,4,7-8,10H2,1-2H3,(H,17,19). The molecule has 0 bridgehead atoms. The van der Waals surface area contributed by atoms with Gasteiger partial charge in [0.1, 0.15) is 0 Å². The molecule has 1 aliphatic heterocycles.